The summed E-state index contributed by atoms with van der Waals surface area (Å²) in [5.41, 5.74) is 0. The van der Waals surface area contributed by atoms with Crippen molar-refractivity contribution in [1.29, 1.82) is 0 Å². The summed E-state index contributed by atoms with van der Waals surface area (Å²) in [5, 5.41) is 14.8. The van der Waals surface area contributed by atoms with Gasteiger partial charge in [-0.2, -0.15) is 0 Å². The molecule has 1 aliphatic rings. The van der Waals surface area contributed by atoms with Gasteiger partial charge in [0.2, 0.25) is 0 Å². The van der Waals surface area contributed by atoms with Crippen LogP contribution in [0.25, 0.3) is 0 Å². The first-order valence-corrected chi connectivity index (χ1v) is 10.5. The fourth-order valence-corrected chi connectivity index (χ4v) is 3.68. The number of ether oxygens (including phenoxy) is 2. The third-order valence-corrected chi connectivity index (χ3v) is 4.82. The van der Waals surface area contributed by atoms with Gasteiger partial charge in [0.05, 0.1) is 6.61 Å². The Kier molecular flexibility index (Phi) is 9.84. The molecule has 2 N–H and O–H groups in total. The van der Waals surface area contributed by atoms with Crippen LogP contribution in [0.4, 0.5) is 0 Å². The highest BCUT2D eigenvalue weighted by Crippen LogP contribution is 2.24. The van der Waals surface area contributed by atoms with Crippen molar-refractivity contribution >= 4 is 11.9 Å². The fourth-order valence-electron chi connectivity index (χ4n) is 3.68. The third kappa shape index (κ3) is 9.53. The largest absolute Gasteiger partial charge is 0.494 e. The van der Waals surface area contributed by atoms with E-state index in [2.05, 4.69) is 18.7 Å². The van der Waals surface area contributed by atoms with E-state index in [0.29, 0.717) is 0 Å². The number of carboxylic acids is 2. The lowest BCUT2D eigenvalue weighted by Crippen LogP contribution is -2.39. The summed E-state index contributed by atoms with van der Waals surface area (Å²) in [6.45, 7) is 9.07. The minimum Gasteiger partial charge on any atom is -0.494 e. The molecule has 1 aliphatic heterocycles. The Morgan fingerprint density at radius 3 is 1.94 bits per heavy atom. The zero-order valence-corrected chi connectivity index (χ0v) is 18.1. The predicted octanol–water partition coefficient (Wildman–Crippen LogP) is 4.38. The van der Waals surface area contributed by atoms with Gasteiger partial charge >= 0.3 is 11.9 Å². The van der Waals surface area contributed by atoms with Crippen molar-refractivity contribution in [2.75, 3.05) is 26.2 Å². The molecule has 1 heterocycles. The highest BCUT2D eigenvalue weighted by atomic mass is 16.5. The lowest BCUT2D eigenvalue weighted by atomic mass is 9.92. The smallest absolute Gasteiger partial charge is 0.414 e. The normalized spacial score (nSPS) is 18.4. The molecular formula is C24H31NO6. The standard InChI is InChI=1S/C22H29NO2.C2H2O4/c1-18-15-19(2)17-23(16-18)13-6-14-24-20-9-11-22(12-10-20)25-21-7-4-3-5-8-21;3-1(4)2(5)6/h3-5,7-12,18-19H,6,13-17H2,1-2H3;(H,3,4)(H,5,6)/t18-,19-;/m1./s1. The summed E-state index contributed by atoms with van der Waals surface area (Å²) < 4.78 is 11.7. The quantitative estimate of drug-likeness (QED) is 0.498. The Hall–Kier alpha value is -3.06. The molecule has 2 aromatic rings. The number of para-hydroxylation sites is 1. The van der Waals surface area contributed by atoms with Gasteiger partial charge in [-0.1, -0.05) is 32.0 Å². The average Bonchev–Trinajstić information content (AvgIpc) is 2.73. The minimum absolute atomic E-state index is 0.762. The number of nitrogens with zero attached hydrogens (tertiary/aromatic N) is 1. The first-order valence-electron chi connectivity index (χ1n) is 10.5. The second-order valence-electron chi connectivity index (χ2n) is 7.90. The topological polar surface area (TPSA) is 96.3 Å². The van der Waals surface area contributed by atoms with E-state index in [1.165, 1.54) is 19.5 Å². The summed E-state index contributed by atoms with van der Waals surface area (Å²) in [6.07, 6.45) is 2.44. The summed E-state index contributed by atoms with van der Waals surface area (Å²) >= 11 is 0. The van der Waals surface area contributed by atoms with Crippen LogP contribution in [0, 0.1) is 11.8 Å². The van der Waals surface area contributed by atoms with Gasteiger partial charge in [-0.15, -0.1) is 0 Å². The summed E-state index contributed by atoms with van der Waals surface area (Å²) in [5.74, 6) is 0.574. The molecule has 1 saturated heterocycles. The third-order valence-electron chi connectivity index (χ3n) is 4.82. The van der Waals surface area contributed by atoms with Gasteiger partial charge < -0.3 is 24.6 Å². The molecule has 0 bridgehead atoms. The van der Waals surface area contributed by atoms with Gasteiger partial charge in [0.1, 0.15) is 17.2 Å². The molecule has 7 nitrogen and oxygen atoms in total. The van der Waals surface area contributed by atoms with Crippen molar-refractivity contribution in [3.8, 4) is 17.2 Å². The molecule has 0 spiro atoms. The van der Waals surface area contributed by atoms with E-state index in [1.54, 1.807) is 0 Å². The number of piperidine rings is 1. The SMILES string of the molecule is C[C@@H]1C[C@@H](C)CN(CCCOc2ccc(Oc3ccccc3)cc2)C1.O=C(O)C(=O)O. The van der Waals surface area contributed by atoms with Crippen LogP contribution in [0.3, 0.4) is 0 Å². The summed E-state index contributed by atoms with van der Waals surface area (Å²) in [7, 11) is 0. The predicted molar refractivity (Wildman–Crippen MR) is 118 cm³/mol. The second kappa shape index (κ2) is 12.6. The molecule has 0 radical (unpaired) electrons. The fraction of sp³-hybridized carbons (Fsp3) is 0.417. The highest BCUT2D eigenvalue weighted by Gasteiger charge is 2.21. The average molecular weight is 430 g/mol. The van der Waals surface area contributed by atoms with Gasteiger partial charge in [-0.05, 0) is 61.1 Å². The van der Waals surface area contributed by atoms with E-state index in [4.69, 9.17) is 29.3 Å². The Morgan fingerprint density at radius 1 is 0.871 bits per heavy atom. The van der Waals surface area contributed by atoms with Crippen LogP contribution in [0.15, 0.2) is 54.6 Å². The van der Waals surface area contributed by atoms with Crippen molar-refractivity contribution in [2.24, 2.45) is 11.8 Å². The van der Waals surface area contributed by atoms with Crippen LogP contribution in [-0.2, 0) is 9.59 Å². The van der Waals surface area contributed by atoms with Gasteiger partial charge in [0, 0.05) is 19.6 Å². The molecule has 0 aromatic heterocycles. The van der Waals surface area contributed by atoms with Crippen molar-refractivity contribution in [3.05, 3.63) is 54.6 Å². The van der Waals surface area contributed by atoms with Crippen LogP contribution in [0.2, 0.25) is 0 Å². The zero-order valence-electron chi connectivity index (χ0n) is 18.1. The van der Waals surface area contributed by atoms with E-state index >= 15 is 0 Å². The van der Waals surface area contributed by atoms with Gasteiger partial charge in [-0.25, -0.2) is 9.59 Å². The van der Waals surface area contributed by atoms with Gasteiger partial charge in [0.25, 0.3) is 0 Å². The Bertz CT molecular complexity index is 787. The molecule has 0 aliphatic carbocycles. The molecule has 1 fully saturated rings. The molecule has 3 rings (SSSR count). The summed E-state index contributed by atoms with van der Waals surface area (Å²) in [6, 6.07) is 17.7. The molecule has 0 amide bonds. The number of carboxylic acid groups (broad SMARTS) is 2. The lowest BCUT2D eigenvalue weighted by Gasteiger charge is -2.34. The maximum absolute atomic E-state index is 9.10. The van der Waals surface area contributed by atoms with Crippen LogP contribution in [0.5, 0.6) is 17.2 Å². The number of hydrogen-bond donors (Lipinski definition) is 2. The van der Waals surface area contributed by atoms with Crippen molar-refractivity contribution in [3.63, 3.8) is 0 Å². The van der Waals surface area contributed by atoms with Crippen LogP contribution < -0.4 is 9.47 Å². The number of carbonyl (C=O) groups is 2. The van der Waals surface area contributed by atoms with E-state index in [-0.39, 0.29) is 0 Å². The Balaban J connectivity index is 0.000000501. The summed E-state index contributed by atoms with van der Waals surface area (Å²) in [4.78, 5) is 20.8. The number of benzene rings is 2. The zero-order chi connectivity index (χ0) is 22.6. The highest BCUT2D eigenvalue weighted by molar-refractivity contribution is 6.27. The van der Waals surface area contributed by atoms with Crippen LogP contribution in [-0.4, -0.2) is 53.3 Å². The minimum atomic E-state index is -1.82. The van der Waals surface area contributed by atoms with Crippen LogP contribution >= 0.6 is 0 Å². The van der Waals surface area contributed by atoms with Crippen molar-refractivity contribution < 1.29 is 29.3 Å². The lowest BCUT2D eigenvalue weighted by molar-refractivity contribution is -0.159. The maximum atomic E-state index is 9.10. The van der Waals surface area contributed by atoms with E-state index in [0.717, 1.165) is 48.7 Å². The van der Waals surface area contributed by atoms with Crippen molar-refractivity contribution in [1.82, 2.24) is 4.90 Å². The first-order chi connectivity index (χ1) is 14.8. The Labute approximate surface area is 183 Å². The molecule has 168 valence electrons. The number of rotatable bonds is 7. The molecule has 0 unspecified atom stereocenters. The van der Waals surface area contributed by atoms with Gasteiger partial charge in [-0.3, -0.25) is 0 Å². The molecule has 0 saturated carbocycles. The molecular weight excluding hydrogens is 398 g/mol. The van der Waals surface area contributed by atoms with E-state index < -0.39 is 11.9 Å². The van der Waals surface area contributed by atoms with Gasteiger partial charge in [0.15, 0.2) is 0 Å². The van der Waals surface area contributed by atoms with E-state index in [1.807, 2.05) is 54.6 Å². The van der Waals surface area contributed by atoms with Crippen molar-refractivity contribution in [2.45, 2.75) is 26.7 Å². The maximum Gasteiger partial charge on any atom is 0.414 e. The molecule has 2 aromatic carbocycles. The number of aliphatic carboxylic acids is 2. The molecule has 31 heavy (non-hydrogen) atoms. The van der Waals surface area contributed by atoms with Crippen LogP contribution in [0.1, 0.15) is 26.7 Å². The monoisotopic (exact) mass is 429 g/mol. The molecule has 2 atom stereocenters. The molecule has 7 heteroatoms. The van der Waals surface area contributed by atoms with E-state index in [9.17, 15) is 0 Å². The number of hydrogen-bond acceptors (Lipinski definition) is 5. The second-order valence-corrected chi connectivity index (χ2v) is 7.90. The Morgan fingerprint density at radius 2 is 1.39 bits per heavy atom. The number of likely N-dealkylation sites (tertiary alicyclic amines) is 1. The first kappa shape index (κ1) is 24.2.